The van der Waals surface area contributed by atoms with Crippen molar-refractivity contribution in [2.75, 3.05) is 13.1 Å². The third-order valence-corrected chi connectivity index (χ3v) is 4.51. The lowest BCUT2D eigenvalue weighted by Crippen LogP contribution is -2.38. The number of piperidine rings is 1. The third-order valence-electron chi connectivity index (χ3n) is 4.51. The number of hydrogen-bond acceptors (Lipinski definition) is 2. The van der Waals surface area contributed by atoms with E-state index in [-0.39, 0.29) is 0 Å². The van der Waals surface area contributed by atoms with Crippen LogP contribution in [0.4, 0.5) is 0 Å². The molecule has 1 aromatic carbocycles. The maximum absolute atomic E-state index is 3.51. The van der Waals surface area contributed by atoms with Crippen molar-refractivity contribution in [1.82, 2.24) is 10.2 Å². The van der Waals surface area contributed by atoms with E-state index in [2.05, 4.69) is 55.3 Å². The zero-order valence-electron chi connectivity index (χ0n) is 14.1. The van der Waals surface area contributed by atoms with Gasteiger partial charge in [0.2, 0.25) is 0 Å². The summed E-state index contributed by atoms with van der Waals surface area (Å²) in [6.07, 6.45) is 5.45. The molecule has 1 fully saturated rings. The predicted molar refractivity (Wildman–Crippen MR) is 91.3 cm³/mol. The zero-order chi connectivity index (χ0) is 15.1. The second-order valence-corrected chi connectivity index (χ2v) is 6.87. The Morgan fingerprint density at radius 2 is 1.86 bits per heavy atom. The highest BCUT2D eigenvalue weighted by atomic mass is 15.2. The first kappa shape index (κ1) is 16.5. The standard InChI is InChI=1S/C19H32N2/c1-4-19-7-5-6-12-21(19)15-18-10-8-17(9-11-18)14-20-13-16(2)3/h8-11,16,19-20H,4-7,12-15H2,1-3H3. The SMILES string of the molecule is CCC1CCCCN1Cc1ccc(CNCC(C)C)cc1. The van der Waals surface area contributed by atoms with Crippen molar-refractivity contribution in [3.8, 4) is 0 Å². The van der Waals surface area contributed by atoms with Crippen LogP contribution in [0.25, 0.3) is 0 Å². The highest BCUT2D eigenvalue weighted by molar-refractivity contribution is 5.22. The van der Waals surface area contributed by atoms with E-state index in [4.69, 9.17) is 0 Å². The van der Waals surface area contributed by atoms with Gasteiger partial charge < -0.3 is 5.32 Å². The molecule has 1 N–H and O–H groups in total. The Bertz CT molecular complexity index is 397. The van der Waals surface area contributed by atoms with E-state index >= 15 is 0 Å². The van der Waals surface area contributed by atoms with Crippen LogP contribution in [0.5, 0.6) is 0 Å². The van der Waals surface area contributed by atoms with Crippen LogP contribution in [-0.4, -0.2) is 24.0 Å². The molecule has 0 aromatic heterocycles. The Morgan fingerprint density at radius 1 is 1.14 bits per heavy atom. The Hall–Kier alpha value is -0.860. The summed E-state index contributed by atoms with van der Waals surface area (Å²) in [5.74, 6) is 0.717. The topological polar surface area (TPSA) is 15.3 Å². The summed E-state index contributed by atoms with van der Waals surface area (Å²) in [4.78, 5) is 2.68. The monoisotopic (exact) mass is 288 g/mol. The molecular weight excluding hydrogens is 256 g/mol. The lowest BCUT2D eigenvalue weighted by molar-refractivity contribution is 0.136. The highest BCUT2D eigenvalue weighted by Gasteiger charge is 2.20. The maximum atomic E-state index is 3.51. The summed E-state index contributed by atoms with van der Waals surface area (Å²) in [5.41, 5.74) is 2.85. The summed E-state index contributed by atoms with van der Waals surface area (Å²) < 4.78 is 0. The van der Waals surface area contributed by atoms with Crippen molar-refractivity contribution in [3.63, 3.8) is 0 Å². The molecule has 21 heavy (non-hydrogen) atoms. The maximum Gasteiger partial charge on any atom is 0.0236 e. The molecule has 0 amide bonds. The van der Waals surface area contributed by atoms with Gasteiger partial charge in [-0.2, -0.15) is 0 Å². The minimum Gasteiger partial charge on any atom is -0.312 e. The third kappa shape index (κ3) is 5.44. The molecule has 1 heterocycles. The Kier molecular flexibility index (Phi) is 6.72. The van der Waals surface area contributed by atoms with E-state index in [0.29, 0.717) is 5.92 Å². The fraction of sp³-hybridized carbons (Fsp3) is 0.684. The fourth-order valence-corrected chi connectivity index (χ4v) is 3.23. The first-order valence-electron chi connectivity index (χ1n) is 8.71. The second-order valence-electron chi connectivity index (χ2n) is 6.87. The summed E-state index contributed by atoms with van der Waals surface area (Å²) in [7, 11) is 0. The van der Waals surface area contributed by atoms with Crippen LogP contribution in [0.3, 0.4) is 0 Å². The van der Waals surface area contributed by atoms with Crippen LogP contribution < -0.4 is 5.32 Å². The van der Waals surface area contributed by atoms with Crippen molar-refractivity contribution < 1.29 is 0 Å². The molecule has 1 aliphatic heterocycles. The van der Waals surface area contributed by atoms with Gasteiger partial charge in [-0.1, -0.05) is 51.5 Å². The normalized spacial score (nSPS) is 20.1. The number of hydrogen-bond donors (Lipinski definition) is 1. The van der Waals surface area contributed by atoms with Gasteiger partial charge in [0.25, 0.3) is 0 Å². The molecule has 1 saturated heterocycles. The molecule has 118 valence electrons. The lowest BCUT2D eigenvalue weighted by atomic mass is 9.99. The van der Waals surface area contributed by atoms with Crippen molar-refractivity contribution in [2.24, 2.45) is 5.92 Å². The summed E-state index contributed by atoms with van der Waals surface area (Å²) in [5, 5.41) is 3.51. The molecule has 1 atom stereocenters. The van der Waals surface area contributed by atoms with Gasteiger partial charge in [0.05, 0.1) is 0 Å². The van der Waals surface area contributed by atoms with E-state index in [9.17, 15) is 0 Å². The quantitative estimate of drug-likeness (QED) is 0.809. The molecule has 1 aliphatic rings. The summed E-state index contributed by atoms with van der Waals surface area (Å²) >= 11 is 0. The molecule has 0 spiro atoms. The number of benzene rings is 1. The molecule has 0 radical (unpaired) electrons. The second kappa shape index (κ2) is 8.55. The van der Waals surface area contributed by atoms with Gasteiger partial charge in [0.1, 0.15) is 0 Å². The summed E-state index contributed by atoms with van der Waals surface area (Å²) in [6.45, 7) is 11.3. The van der Waals surface area contributed by atoms with Gasteiger partial charge in [-0.15, -0.1) is 0 Å². The average Bonchev–Trinajstić information content (AvgIpc) is 2.49. The van der Waals surface area contributed by atoms with E-state index in [0.717, 1.165) is 25.7 Å². The molecular formula is C19H32N2. The van der Waals surface area contributed by atoms with Crippen LogP contribution in [0.1, 0.15) is 57.6 Å². The zero-order valence-corrected chi connectivity index (χ0v) is 14.1. The van der Waals surface area contributed by atoms with E-state index < -0.39 is 0 Å². The van der Waals surface area contributed by atoms with E-state index in [1.807, 2.05) is 0 Å². The minimum absolute atomic E-state index is 0.717. The van der Waals surface area contributed by atoms with E-state index in [1.54, 1.807) is 0 Å². The molecule has 2 rings (SSSR count). The number of nitrogens with zero attached hydrogens (tertiary/aromatic N) is 1. The molecule has 2 nitrogen and oxygen atoms in total. The van der Waals surface area contributed by atoms with Gasteiger partial charge in [-0.25, -0.2) is 0 Å². The van der Waals surface area contributed by atoms with Crippen molar-refractivity contribution in [1.29, 1.82) is 0 Å². The van der Waals surface area contributed by atoms with Gasteiger partial charge in [0, 0.05) is 19.1 Å². The Labute approximate surface area is 130 Å². The number of rotatable bonds is 7. The Morgan fingerprint density at radius 3 is 2.52 bits per heavy atom. The minimum atomic E-state index is 0.717. The number of nitrogens with one attached hydrogen (secondary N) is 1. The van der Waals surface area contributed by atoms with Crippen molar-refractivity contribution in [2.45, 2.75) is 65.6 Å². The van der Waals surface area contributed by atoms with Crippen LogP contribution in [-0.2, 0) is 13.1 Å². The van der Waals surface area contributed by atoms with Crippen molar-refractivity contribution >= 4 is 0 Å². The van der Waals surface area contributed by atoms with Crippen LogP contribution >= 0.6 is 0 Å². The van der Waals surface area contributed by atoms with Crippen molar-refractivity contribution in [3.05, 3.63) is 35.4 Å². The summed E-state index contributed by atoms with van der Waals surface area (Å²) in [6, 6.07) is 9.99. The van der Waals surface area contributed by atoms with Crippen LogP contribution in [0.15, 0.2) is 24.3 Å². The molecule has 0 bridgehead atoms. The molecule has 1 aromatic rings. The molecule has 0 saturated carbocycles. The highest BCUT2D eigenvalue weighted by Crippen LogP contribution is 2.21. The average molecular weight is 288 g/mol. The Balaban J connectivity index is 1.83. The predicted octanol–water partition coefficient (Wildman–Crippen LogP) is 4.20. The van der Waals surface area contributed by atoms with Crippen LogP contribution in [0.2, 0.25) is 0 Å². The van der Waals surface area contributed by atoms with E-state index in [1.165, 1.54) is 43.4 Å². The molecule has 2 heteroatoms. The van der Waals surface area contributed by atoms with Gasteiger partial charge >= 0.3 is 0 Å². The molecule has 0 aliphatic carbocycles. The lowest BCUT2D eigenvalue weighted by Gasteiger charge is -2.35. The number of likely N-dealkylation sites (tertiary alicyclic amines) is 1. The largest absolute Gasteiger partial charge is 0.312 e. The van der Waals surface area contributed by atoms with Gasteiger partial charge in [0.15, 0.2) is 0 Å². The first-order valence-corrected chi connectivity index (χ1v) is 8.71. The molecule has 1 unspecified atom stereocenters. The fourth-order valence-electron chi connectivity index (χ4n) is 3.23. The first-order chi connectivity index (χ1) is 10.2. The smallest absolute Gasteiger partial charge is 0.0236 e. The van der Waals surface area contributed by atoms with Crippen LogP contribution in [0, 0.1) is 5.92 Å². The van der Waals surface area contributed by atoms with Gasteiger partial charge in [-0.3, -0.25) is 4.90 Å². The van der Waals surface area contributed by atoms with Gasteiger partial charge in [-0.05, 0) is 49.4 Å².